The Bertz CT molecular complexity index is 728. The number of amides is 2. The maximum absolute atomic E-state index is 12.3. The van der Waals surface area contributed by atoms with Crippen molar-refractivity contribution in [2.45, 2.75) is 39.7 Å². The van der Waals surface area contributed by atoms with E-state index in [1.54, 1.807) is 18.2 Å². The topological polar surface area (TPSA) is 71.1 Å². The zero-order chi connectivity index (χ0) is 18.1. The Labute approximate surface area is 148 Å². The van der Waals surface area contributed by atoms with Gasteiger partial charge < -0.3 is 10.6 Å². The van der Waals surface area contributed by atoms with E-state index in [2.05, 4.69) is 22.5 Å². The summed E-state index contributed by atoms with van der Waals surface area (Å²) >= 11 is 0. The molecule has 25 heavy (non-hydrogen) atoms. The molecule has 0 radical (unpaired) electrons. The second-order valence-corrected chi connectivity index (χ2v) is 5.98. The van der Waals surface area contributed by atoms with Crippen molar-refractivity contribution in [3.8, 4) is 0 Å². The second kappa shape index (κ2) is 9.57. The number of hydrogen-bond donors (Lipinski definition) is 2. The fraction of sp³-hybridized carbons (Fsp3) is 0.350. The Morgan fingerprint density at radius 1 is 0.920 bits per heavy atom. The molecule has 2 amide bonds. The van der Waals surface area contributed by atoms with E-state index in [9.17, 15) is 9.59 Å². The van der Waals surface area contributed by atoms with E-state index in [4.69, 9.17) is 0 Å². The zero-order valence-electron chi connectivity index (χ0n) is 14.8. The lowest BCUT2D eigenvalue weighted by Gasteiger charge is -2.09. The average molecular weight is 339 g/mol. The Balaban J connectivity index is 1.94. The first-order valence-corrected chi connectivity index (χ1v) is 8.69. The third kappa shape index (κ3) is 5.71. The summed E-state index contributed by atoms with van der Waals surface area (Å²) in [5, 5.41) is 5.68. The van der Waals surface area contributed by atoms with E-state index in [-0.39, 0.29) is 23.2 Å². The van der Waals surface area contributed by atoms with Crippen LogP contribution in [-0.2, 0) is 6.54 Å². The summed E-state index contributed by atoms with van der Waals surface area (Å²) in [4.78, 5) is 28.6. The number of benzene rings is 1. The van der Waals surface area contributed by atoms with Gasteiger partial charge in [-0.25, -0.2) is 4.98 Å². The van der Waals surface area contributed by atoms with E-state index in [0.29, 0.717) is 13.1 Å². The van der Waals surface area contributed by atoms with E-state index >= 15 is 0 Å². The smallest absolute Gasteiger partial charge is 0.270 e. The quantitative estimate of drug-likeness (QED) is 0.725. The first kappa shape index (κ1) is 18.6. The van der Waals surface area contributed by atoms with Crippen LogP contribution in [0.15, 0.2) is 42.5 Å². The standard InChI is InChI=1S/C20H25N3O2/c1-3-4-7-13-21-19(24)17-11-8-12-18(23-17)20(25)22-14-16-10-6-5-9-15(16)2/h5-6,8-12H,3-4,7,13-14H2,1-2H3,(H,21,24)(H,22,25). The molecule has 2 aromatic rings. The molecule has 1 heterocycles. The Morgan fingerprint density at radius 3 is 2.28 bits per heavy atom. The molecule has 5 heteroatoms. The lowest BCUT2D eigenvalue weighted by Crippen LogP contribution is -2.28. The van der Waals surface area contributed by atoms with Gasteiger partial charge in [0.2, 0.25) is 0 Å². The number of hydrogen-bond acceptors (Lipinski definition) is 3. The normalized spacial score (nSPS) is 10.3. The predicted molar refractivity (Wildman–Crippen MR) is 98.4 cm³/mol. The SMILES string of the molecule is CCCCCNC(=O)c1cccc(C(=O)NCc2ccccc2C)n1. The highest BCUT2D eigenvalue weighted by molar-refractivity contribution is 5.96. The number of unbranched alkanes of at least 4 members (excludes halogenated alkanes) is 2. The third-order valence-electron chi connectivity index (χ3n) is 3.98. The number of aromatic nitrogens is 1. The number of nitrogens with one attached hydrogen (secondary N) is 2. The number of pyridine rings is 1. The third-order valence-corrected chi connectivity index (χ3v) is 3.98. The molecule has 0 aliphatic carbocycles. The minimum absolute atomic E-state index is 0.245. The van der Waals surface area contributed by atoms with Crippen molar-refractivity contribution >= 4 is 11.8 Å². The van der Waals surface area contributed by atoms with Crippen LogP contribution in [0.2, 0.25) is 0 Å². The first-order valence-electron chi connectivity index (χ1n) is 8.69. The van der Waals surface area contributed by atoms with Gasteiger partial charge >= 0.3 is 0 Å². The highest BCUT2D eigenvalue weighted by Crippen LogP contribution is 2.07. The summed E-state index contributed by atoms with van der Waals surface area (Å²) in [5.74, 6) is -0.534. The zero-order valence-corrected chi connectivity index (χ0v) is 14.8. The van der Waals surface area contributed by atoms with Crippen LogP contribution in [0.4, 0.5) is 0 Å². The first-order chi connectivity index (χ1) is 12.1. The number of carbonyl (C=O) groups is 2. The van der Waals surface area contributed by atoms with Crippen molar-refractivity contribution in [2.75, 3.05) is 6.54 Å². The fourth-order valence-corrected chi connectivity index (χ4v) is 2.43. The molecular formula is C20H25N3O2. The van der Waals surface area contributed by atoms with Crippen molar-refractivity contribution in [2.24, 2.45) is 0 Å². The molecule has 0 unspecified atom stereocenters. The van der Waals surface area contributed by atoms with E-state index in [1.807, 2.05) is 31.2 Å². The Kier molecular flexibility index (Phi) is 7.14. The average Bonchev–Trinajstić information content (AvgIpc) is 2.64. The maximum atomic E-state index is 12.3. The van der Waals surface area contributed by atoms with Gasteiger partial charge in [-0.3, -0.25) is 9.59 Å². The molecule has 0 saturated heterocycles. The molecule has 0 bridgehead atoms. The molecule has 2 N–H and O–H groups in total. The molecule has 5 nitrogen and oxygen atoms in total. The Hall–Kier alpha value is -2.69. The van der Waals surface area contributed by atoms with Crippen LogP contribution in [0.25, 0.3) is 0 Å². The monoisotopic (exact) mass is 339 g/mol. The van der Waals surface area contributed by atoms with E-state index in [1.165, 1.54) is 0 Å². The molecule has 1 aromatic heterocycles. The largest absolute Gasteiger partial charge is 0.351 e. The minimum Gasteiger partial charge on any atom is -0.351 e. The molecular weight excluding hydrogens is 314 g/mol. The highest BCUT2D eigenvalue weighted by atomic mass is 16.2. The maximum Gasteiger partial charge on any atom is 0.270 e. The van der Waals surface area contributed by atoms with Crippen LogP contribution in [0.1, 0.15) is 58.3 Å². The number of nitrogens with zero attached hydrogens (tertiary/aromatic N) is 1. The van der Waals surface area contributed by atoms with E-state index < -0.39 is 0 Å². The lowest BCUT2D eigenvalue weighted by atomic mass is 10.1. The summed E-state index contributed by atoms with van der Waals surface area (Å²) in [6.45, 7) is 5.17. The van der Waals surface area contributed by atoms with Crippen molar-refractivity contribution < 1.29 is 9.59 Å². The molecule has 0 saturated carbocycles. The van der Waals surface area contributed by atoms with Gasteiger partial charge in [-0.05, 0) is 36.6 Å². The number of rotatable bonds is 8. The number of carbonyl (C=O) groups excluding carboxylic acids is 2. The van der Waals surface area contributed by atoms with Gasteiger partial charge in [-0.15, -0.1) is 0 Å². The van der Waals surface area contributed by atoms with Crippen molar-refractivity contribution in [3.05, 3.63) is 65.0 Å². The van der Waals surface area contributed by atoms with E-state index in [0.717, 1.165) is 30.4 Å². The van der Waals surface area contributed by atoms with Gasteiger partial charge in [0.25, 0.3) is 11.8 Å². The summed E-state index contributed by atoms with van der Waals surface area (Å²) < 4.78 is 0. The van der Waals surface area contributed by atoms with Crippen molar-refractivity contribution in [1.29, 1.82) is 0 Å². The summed E-state index contributed by atoms with van der Waals surface area (Å²) in [6.07, 6.45) is 3.12. The van der Waals surface area contributed by atoms with Crippen LogP contribution >= 0.6 is 0 Å². The van der Waals surface area contributed by atoms with Crippen molar-refractivity contribution in [1.82, 2.24) is 15.6 Å². The molecule has 0 aliphatic heterocycles. The summed E-state index contributed by atoms with van der Waals surface area (Å²) in [7, 11) is 0. The molecule has 2 rings (SSSR count). The molecule has 0 atom stereocenters. The second-order valence-electron chi connectivity index (χ2n) is 5.98. The van der Waals surface area contributed by atoms with Gasteiger partial charge in [-0.1, -0.05) is 50.1 Å². The van der Waals surface area contributed by atoms with Gasteiger partial charge in [0.1, 0.15) is 11.4 Å². The van der Waals surface area contributed by atoms with Gasteiger partial charge in [0.15, 0.2) is 0 Å². The Morgan fingerprint density at radius 2 is 1.60 bits per heavy atom. The van der Waals surface area contributed by atoms with Gasteiger partial charge in [0.05, 0.1) is 0 Å². The minimum atomic E-state index is -0.288. The lowest BCUT2D eigenvalue weighted by molar-refractivity contribution is 0.0942. The molecule has 1 aromatic carbocycles. The number of aryl methyl sites for hydroxylation is 1. The molecule has 0 spiro atoms. The molecule has 0 fully saturated rings. The fourth-order valence-electron chi connectivity index (χ4n) is 2.43. The summed E-state index contributed by atoms with van der Waals surface area (Å²) in [5.41, 5.74) is 2.69. The van der Waals surface area contributed by atoms with Crippen LogP contribution in [-0.4, -0.2) is 23.3 Å². The van der Waals surface area contributed by atoms with Crippen LogP contribution < -0.4 is 10.6 Å². The molecule has 132 valence electrons. The predicted octanol–water partition coefficient (Wildman–Crippen LogP) is 3.24. The van der Waals surface area contributed by atoms with Crippen LogP contribution in [0.3, 0.4) is 0 Å². The summed E-state index contributed by atoms with van der Waals surface area (Å²) in [6, 6.07) is 12.8. The molecule has 0 aliphatic rings. The van der Waals surface area contributed by atoms with Crippen LogP contribution in [0, 0.1) is 6.92 Å². The highest BCUT2D eigenvalue weighted by Gasteiger charge is 2.12. The van der Waals surface area contributed by atoms with Gasteiger partial charge in [0, 0.05) is 13.1 Å². The van der Waals surface area contributed by atoms with Crippen molar-refractivity contribution in [3.63, 3.8) is 0 Å². The van der Waals surface area contributed by atoms with Gasteiger partial charge in [-0.2, -0.15) is 0 Å². The van der Waals surface area contributed by atoms with Crippen LogP contribution in [0.5, 0.6) is 0 Å².